The van der Waals surface area contributed by atoms with Crippen LogP contribution in [0.3, 0.4) is 0 Å². The molecule has 0 radical (unpaired) electrons. The molecule has 7 heteroatoms. The first-order chi connectivity index (χ1) is 11.6. The Labute approximate surface area is 137 Å². The van der Waals surface area contributed by atoms with E-state index in [0.717, 1.165) is 16.9 Å². The van der Waals surface area contributed by atoms with Crippen LogP contribution in [-0.2, 0) is 4.74 Å². The standard InChI is InChI=1S/C17H15FN4O2/c1-11-8-19-16(21-13-5-3-12(18)4-6-13)7-15(11)22-9-14(20-10-22)17(23)24-2/h3-10H,1-2H3,(H,19,21). The Morgan fingerprint density at radius 2 is 2.00 bits per heavy atom. The number of anilines is 2. The summed E-state index contributed by atoms with van der Waals surface area (Å²) in [5.74, 6) is -0.201. The lowest BCUT2D eigenvalue weighted by Gasteiger charge is -2.10. The third-order valence-electron chi connectivity index (χ3n) is 3.45. The fraction of sp³-hybridized carbons (Fsp3) is 0.118. The summed E-state index contributed by atoms with van der Waals surface area (Å²) in [7, 11) is 1.31. The predicted molar refractivity (Wildman–Crippen MR) is 87.1 cm³/mol. The molecule has 0 saturated carbocycles. The molecule has 1 N–H and O–H groups in total. The highest BCUT2D eigenvalue weighted by Gasteiger charge is 2.11. The van der Waals surface area contributed by atoms with Gasteiger partial charge in [0.1, 0.15) is 18.0 Å². The number of aryl methyl sites for hydroxylation is 1. The molecular formula is C17H15FN4O2. The highest BCUT2D eigenvalue weighted by Crippen LogP contribution is 2.21. The zero-order chi connectivity index (χ0) is 17.1. The van der Waals surface area contributed by atoms with Gasteiger partial charge in [-0.25, -0.2) is 19.2 Å². The average molecular weight is 326 g/mol. The van der Waals surface area contributed by atoms with Crippen LogP contribution in [0, 0.1) is 12.7 Å². The van der Waals surface area contributed by atoms with E-state index in [9.17, 15) is 9.18 Å². The van der Waals surface area contributed by atoms with E-state index in [1.807, 2.05) is 13.0 Å². The summed E-state index contributed by atoms with van der Waals surface area (Å²) in [6.45, 7) is 1.90. The van der Waals surface area contributed by atoms with E-state index in [1.54, 1.807) is 29.1 Å². The highest BCUT2D eigenvalue weighted by atomic mass is 19.1. The number of halogens is 1. The normalized spacial score (nSPS) is 10.5. The molecule has 6 nitrogen and oxygen atoms in total. The number of hydrogen-bond donors (Lipinski definition) is 1. The van der Waals surface area contributed by atoms with Crippen molar-refractivity contribution in [1.82, 2.24) is 14.5 Å². The number of imidazole rings is 1. The number of esters is 1. The second kappa shape index (κ2) is 6.49. The minimum atomic E-state index is -0.495. The summed E-state index contributed by atoms with van der Waals surface area (Å²) in [4.78, 5) is 19.9. The van der Waals surface area contributed by atoms with Crippen LogP contribution >= 0.6 is 0 Å². The number of ether oxygens (including phenoxy) is 1. The number of carbonyl (C=O) groups excluding carboxylic acids is 1. The van der Waals surface area contributed by atoms with Gasteiger partial charge in [-0.1, -0.05) is 0 Å². The van der Waals surface area contributed by atoms with Crippen LogP contribution in [0.15, 0.2) is 49.1 Å². The molecule has 0 unspecified atom stereocenters. The van der Waals surface area contributed by atoms with Gasteiger partial charge in [0.15, 0.2) is 5.69 Å². The van der Waals surface area contributed by atoms with Crippen molar-refractivity contribution in [3.8, 4) is 5.69 Å². The van der Waals surface area contributed by atoms with Crippen molar-refractivity contribution in [2.24, 2.45) is 0 Å². The van der Waals surface area contributed by atoms with E-state index in [2.05, 4.69) is 20.0 Å². The summed E-state index contributed by atoms with van der Waals surface area (Å²) in [6.07, 6.45) is 4.84. The molecule has 0 fully saturated rings. The van der Waals surface area contributed by atoms with E-state index in [0.29, 0.717) is 5.82 Å². The van der Waals surface area contributed by atoms with Gasteiger partial charge in [-0.2, -0.15) is 0 Å². The van der Waals surface area contributed by atoms with Crippen LogP contribution in [-0.4, -0.2) is 27.6 Å². The predicted octanol–water partition coefficient (Wildman–Crippen LogP) is 3.25. The third-order valence-corrected chi connectivity index (χ3v) is 3.45. The van der Waals surface area contributed by atoms with E-state index in [4.69, 9.17) is 0 Å². The largest absolute Gasteiger partial charge is 0.464 e. The Morgan fingerprint density at radius 3 is 2.71 bits per heavy atom. The molecule has 0 atom stereocenters. The topological polar surface area (TPSA) is 69.0 Å². The molecule has 0 bridgehead atoms. The summed E-state index contributed by atoms with van der Waals surface area (Å²) in [5, 5.41) is 3.11. The van der Waals surface area contributed by atoms with Crippen molar-refractivity contribution in [2.45, 2.75) is 6.92 Å². The molecule has 0 spiro atoms. The summed E-state index contributed by atoms with van der Waals surface area (Å²) in [5.41, 5.74) is 2.67. The number of benzene rings is 1. The number of nitrogens with one attached hydrogen (secondary N) is 1. The summed E-state index contributed by atoms with van der Waals surface area (Å²) in [6, 6.07) is 7.82. The molecule has 2 aromatic heterocycles. The van der Waals surface area contributed by atoms with E-state index in [1.165, 1.54) is 25.6 Å². The molecule has 3 rings (SSSR count). The molecule has 0 aliphatic heterocycles. The van der Waals surface area contributed by atoms with Crippen molar-refractivity contribution in [2.75, 3.05) is 12.4 Å². The Kier molecular flexibility index (Phi) is 4.24. The molecule has 1 aromatic carbocycles. The molecule has 0 amide bonds. The zero-order valence-corrected chi connectivity index (χ0v) is 13.2. The Bertz CT molecular complexity index is 875. The molecular weight excluding hydrogens is 311 g/mol. The average Bonchev–Trinajstić information content (AvgIpc) is 3.08. The van der Waals surface area contributed by atoms with Crippen LogP contribution < -0.4 is 5.32 Å². The van der Waals surface area contributed by atoms with Gasteiger partial charge in [0.25, 0.3) is 0 Å². The van der Waals surface area contributed by atoms with Crippen molar-refractivity contribution >= 4 is 17.5 Å². The first-order valence-electron chi connectivity index (χ1n) is 7.19. The van der Waals surface area contributed by atoms with Gasteiger partial charge in [0.05, 0.1) is 12.8 Å². The molecule has 3 aromatic rings. The van der Waals surface area contributed by atoms with Gasteiger partial charge in [0.2, 0.25) is 0 Å². The maximum Gasteiger partial charge on any atom is 0.358 e. The first-order valence-corrected chi connectivity index (χ1v) is 7.19. The molecule has 24 heavy (non-hydrogen) atoms. The Balaban J connectivity index is 1.90. The van der Waals surface area contributed by atoms with Gasteiger partial charge >= 0.3 is 5.97 Å². The van der Waals surface area contributed by atoms with Crippen molar-refractivity contribution < 1.29 is 13.9 Å². The van der Waals surface area contributed by atoms with Crippen molar-refractivity contribution in [3.05, 3.63) is 66.1 Å². The molecule has 122 valence electrons. The van der Waals surface area contributed by atoms with E-state index < -0.39 is 5.97 Å². The van der Waals surface area contributed by atoms with Gasteiger partial charge in [-0.15, -0.1) is 0 Å². The lowest BCUT2D eigenvalue weighted by molar-refractivity contribution is 0.0594. The van der Waals surface area contributed by atoms with Crippen LogP contribution in [0.25, 0.3) is 5.69 Å². The first kappa shape index (κ1) is 15.7. The van der Waals surface area contributed by atoms with Crippen LogP contribution in [0.1, 0.15) is 16.1 Å². The Morgan fingerprint density at radius 1 is 1.25 bits per heavy atom. The van der Waals surface area contributed by atoms with E-state index in [-0.39, 0.29) is 11.5 Å². The number of pyridine rings is 1. The lowest BCUT2D eigenvalue weighted by atomic mass is 10.2. The molecule has 0 saturated heterocycles. The zero-order valence-electron chi connectivity index (χ0n) is 13.2. The number of rotatable bonds is 4. The van der Waals surface area contributed by atoms with Crippen molar-refractivity contribution in [3.63, 3.8) is 0 Å². The molecule has 0 aliphatic carbocycles. The molecule has 2 heterocycles. The minimum absolute atomic E-state index is 0.224. The maximum atomic E-state index is 13.0. The van der Waals surface area contributed by atoms with Gasteiger partial charge in [-0.3, -0.25) is 0 Å². The SMILES string of the molecule is COC(=O)c1cn(-c2cc(Nc3ccc(F)cc3)ncc2C)cn1. The minimum Gasteiger partial charge on any atom is -0.464 e. The van der Waals surface area contributed by atoms with Crippen LogP contribution in [0.4, 0.5) is 15.9 Å². The number of methoxy groups -OCH3 is 1. The number of aromatic nitrogens is 3. The fourth-order valence-corrected chi connectivity index (χ4v) is 2.21. The smallest absolute Gasteiger partial charge is 0.358 e. The summed E-state index contributed by atoms with van der Waals surface area (Å²) >= 11 is 0. The van der Waals surface area contributed by atoms with Gasteiger partial charge in [-0.05, 0) is 36.8 Å². The number of carbonyl (C=O) groups is 1. The van der Waals surface area contributed by atoms with Crippen molar-refractivity contribution in [1.29, 1.82) is 0 Å². The summed E-state index contributed by atoms with van der Waals surface area (Å²) < 4.78 is 19.3. The molecule has 0 aliphatic rings. The third kappa shape index (κ3) is 3.24. The fourth-order valence-electron chi connectivity index (χ4n) is 2.21. The Hall–Kier alpha value is -3.22. The number of hydrogen-bond acceptors (Lipinski definition) is 5. The maximum absolute atomic E-state index is 13.0. The van der Waals surface area contributed by atoms with Crippen LogP contribution in [0.2, 0.25) is 0 Å². The lowest BCUT2D eigenvalue weighted by Crippen LogP contribution is -2.02. The van der Waals surface area contributed by atoms with E-state index >= 15 is 0 Å². The van der Waals surface area contributed by atoms with Crippen LogP contribution in [0.5, 0.6) is 0 Å². The van der Waals surface area contributed by atoms with Gasteiger partial charge < -0.3 is 14.6 Å². The monoisotopic (exact) mass is 326 g/mol. The second-order valence-electron chi connectivity index (χ2n) is 5.15. The second-order valence-corrected chi connectivity index (χ2v) is 5.15. The highest BCUT2D eigenvalue weighted by molar-refractivity contribution is 5.86. The number of nitrogens with zero attached hydrogens (tertiary/aromatic N) is 3. The van der Waals surface area contributed by atoms with Gasteiger partial charge in [0, 0.05) is 24.1 Å². The quantitative estimate of drug-likeness (QED) is 0.745.